The van der Waals surface area contributed by atoms with Crippen molar-refractivity contribution in [2.45, 2.75) is 45.2 Å². The number of hydrogen-bond donors (Lipinski definition) is 2. The molecular formula is C20H25F2IN4O2S. The molecule has 1 aliphatic rings. The van der Waals surface area contributed by atoms with Crippen molar-refractivity contribution >= 4 is 47.2 Å². The first kappa shape index (κ1) is 24.4. The van der Waals surface area contributed by atoms with Gasteiger partial charge in [0.1, 0.15) is 21.5 Å². The lowest BCUT2D eigenvalue weighted by atomic mass is 10.1. The first-order chi connectivity index (χ1) is 13.8. The Morgan fingerprint density at radius 3 is 2.67 bits per heavy atom. The minimum atomic E-state index is -0.527. The van der Waals surface area contributed by atoms with E-state index in [2.05, 4.69) is 20.6 Å². The average molecular weight is 550 g/mol. The molecule has 1 aliphatic carbocycles. The van der Waals surface area contributed by atoms with Crippen LogP contribution in [0.3, 0.4) is 0 Å². The number of carbonyl (C=O) groups is 1. The molecule has 3 unspecified atom stereocenters. The summed E-state index contributed by atoms with van der Waals surface area (Å²) in [5.74, 6) is -1.16. The third kappa shape index (κ3) is 5.45. The lowest BCUT2D eigenvalue weighted by molar-refractivity contribution is 0.0531. The van der Waals surface area contributed by atoms with E-state index in [1.54, 1.807) is 20.9 Å². The van der Waals surface area contributed by atoms with Crippen LogP contribution in [0.1, 0.15) is 58.2 Å². The Labute approximate surface area is 195 Å². The predicted molar refractivity (Wildman–Crippen MR) is 124 cm³/mol. The van der Waals surface area contributed by atoms with Crippen LogP contribution >= 0.6 is 35.3 Å². The van der Waals surface area contributed by atoms with Crippen LogP contribution in [0.25, 0.3) is 0 Å². The maximum absolute atomic E-state index is 14.0. The Bertz CT molecular complexity index is 917. The molecule has 10 heteroatoms. The molecule has 1 fully saturated rings. The fraction of sp³-hybridized carbons (Fsp3) is 0.450. The Kier molecular flexibility index (Phi) is 8.53. The van der Waals surface area contributed by atoms with Gasteiger partial charge in [-0.15, -0.1) is 35.3 Å². The highest BCUT2D eigenvalue weighted by atomic mass is 127. The van der Waals surface area contributed by atoms with Crippen molar-refractivity contribution in [1.82, 2.24) is 15.6 Å². The van der Waals surface area contributed by atoms with E-state index in [-0.39, 0.29) is 53.5 Å². The van der Waals surface area contributed by atoms with Gasteiger partial charge in [0.25, 0.3) is 0 Å². The van der Waals surface area contributed by atoms with Crippen molar-refractivity contribution in [3.05, 3.63) is 51.0 Å². The van der Waals surface area contributed by atoms with Gasteiger partial charge in [-0.05, 0) is 39.3 Å². The molecule has 0 spiro atoms. The summed E-state index contributed by atoms with van der Waals surface area (Å²) in [6.45, 7) is 5.74. The van der Waals surface area contributed by atoms with Crippen LogP contribution in [-0.4, -0.2) is 36.6 Å². The number of carbonyl (C=O) groups excluding carboxylic acids is 1. The monoisotopic (exact) mass is 550 g/mol. The van der Waals surface area contributed by atoms with E-state index in [0.29, 0.717) is 29.6 Å². The fourth-order valence-corrected chi connectivity index (χ4v) is 4.10. The Morgan fingerprint density at radius 1 is 1.40 bits per heavy atom. The Hall–Kier alpha value is -1.82. The maximum atomic E-state index is 14.0. The second-order valence-electron chi connectivity index (χ2n) is 6.85. The summed E-state index contributed by atoms with van der Waals surface area (Å²) in [6.07, 6.45) is 0.621. The van der Waals surface area contributed by atoms with E-state index in [4.69, 9.17) is 4.74 Å². The Balaban J connectivity index is 0.00000320. The van der Waals surface area contributed by atoms with Gasteiger partial charge >= 0.3 is 5.97 Å². The maximum Gasteiger partial charge on any atom is 0.350 e. The summed E-state index contributed by atoms with van der Waals surface area (Å²) in [4.78, 5) is 21.1. The Morgan fingerprint density at radius 2 is 2.07 bits per heavy atom. The van der Waals surface area contributed by atoms with E-state index in [0.717, 1.165) is 5.01 Å². The highest BCUT2D eigenvalue weighted by molar-refractivity contribution is 14.0. The second kappa shape index (κ2) is 10.5. The summed E-state index contributed by atoms with van der Waals surface area (Å²) in [5, 5.41) is 7.14. The van der Waals surface area contributed by atoms with Crippen LogP contribution in [0, 0.1) is 18.6 Å². The van der Waals surface area contributed by atoms with Crippen molar-refractivity contribution in [2.75, 3.05) is 13.7 Å². The predicted octanol–water partition coefficient (Wildman–Crippen LogP) is 4.31. The van der Waals surface area contributed by atoms with Gasteiger partial charge in [-0.2, -0.15) is 0 Å². The first-order valence-electron chi connectivity index (χ1n) is 9.43. The van der Waals surface area contributed by atoms with Crippen LogP contribution in [0.2, 0.25) is 0 Å². The van der Waals surface area contributed by atoms with E-state index in [1.807, 2.05) is 6.92 Å². The van der Waals surface area contributed by atoms with Gasteiger partial charge in [0.15, 0.2) is 5.96 Å². The van der Waals surface area contributed by atoms with Crippen LogP contribution in [0.5, 0.6) is 0 Å². The molecule has 0 aliphatic heterocycles. The number of rotatable bonds is 6. The molecule has 0 saturated heterocycles. The SMILES string of the molecule is CCOC(=O)c1sc(C(C)NC(=NC)NC2CC2c2c(F)cccc2F)nc1C.I. The molecule has 30 heavy (non-hydrogen) atoms. The van der Waals surface area contributed by atoms with Crippen molar-refractivity contribution in [3.63, 3.8) is 0 Å². The van der Waals surface area contributed by atoms with Gasteiger partial charge < -0.3 is 15.4 Å². The summed E-state index contributed by atoms with van der Waals surface area (Å²) >= 11 is 1.27. The van der Waals surface area contributed by atoms with E-state index in [9.17, 15) is 13.6 Å². The topological polar surface area (TPSA) is 75.6 Å². The first-order valence-corrected chi connectivity index (χ1v) is 10.3. The van der Waals surface area contributed by atoms with Crippen molar-refractivity contribution in [2.24, 2.45) is 4.99 Å². The van der Waals surface area contributed by atoms with Gasteiger partial charge in [0, 0.05) is 24.6 Å². The molecule has 1 heterocycles. The number of nitrogens with one attached hydrogen (secondary N) is 2. The largest absolute Gasteiger partial charge is 0.462 e. The van der Waals surface area contributed by atoms with Crippen molar-refractivity contribution in [1.29, 1.82) is 0 Å². The zero-order valence-corrected chi connectivity index (χ0v) is 20.3. The van der Waals surface area contributed by atoms with Gasteiger partial charge in [0.05, 0.1) is 18.3 Å². The molecule has 0 bridgehead atoms. The summed E-state index contributed by atoms with van der Waals surface area (Å²) in [6, 6.07) is 3.59. The zero-order chi connectivity index (χ0) is 21.1. The quantitative estimate of drug-likeness (QED) is 0.243. The molecule has 0 radical (unpaired) electrons. The number of benzene rings is 1. The number of aliphatic imine (C=N–C) groups is 1. The molecule has 3 atom stereocenters. The molecule has 3 rings (SSSR count). The standard InChI is InChI=1S/C20H24F2N4O2S.HI/c1-5-28-19(27)17-10(2)24-18(29-17)11(3)25-20(23-4)26-15-9-12(15)16-13(21)7-6-8-14(16)22;/h6-8,11-12,15H,5,9H2,1-4H3,(H2,23,25,26);1H. The van der Waals surface area contributed by atoms with E-state index in [1.165, 1.54) is 29.5 Å². The summed E-state index contributed by atoms with van der Waals surface area (Å²) < 4.78 is 33.0. The van der Waals surface area contributed by atoms with Crippen molar-refractivity contribution < 1.29 is 18.3 Å². The minimum absolute atomic E-state index is 0. The van der Waals surface area contributed by atoms with Gasteiger partial charge in [-0.25, -0.2) is 18.6 Å². The van der Waals surface area contributed by atoms with Gasteiger partial charge in [-0.1, -0.05) is 6.07 Å². The van der Waals surface area contributed by atoms with Crippen LogP contribution in [0.15, 0.2) is 23.2 Å². The number of hydrogen-bond acceptors (Lipinski definition) is 5. The summed E-state index contributed by atoms with van der Waals surface area (Å²) in [7, 11) is 1.63. The summed E-state index contributed by atoms with van der Waals surface area (Å²) in [5.41, 5.74) is 0.737. The van der Waals surface area contributed by atoms with Crippen LogP contribution in [0.4, 0.5) is 8.78 Å². The highest BCUT2D eigenvalue weighted by Gasteiger charge is 2.42. The molecule has 1 aromatic heterocycles. The molecule has 164 valence electrons. The number of halogens is 3. The highest BCUT2D eigenvalue weighted by Crippen LogP contribution is 2.43. The second-order valence-corrected chi connectivity index (χ2v) is 7.88. The molecule has 1 saturated carbocycles. The average Bonchev–Trinajstić information content (AvgIpc) is 3.30. The number of nitrogens with zero attached hydrogens (tertiary/aromatic N) is 2. The molecule has 6 nitrogen and oxygen atoms in total. The third-order valence-electron chi connectivity index (χ3n) is 4.70. The lowest BCUT2D eigenvalue weighted by Gasteiger charge is -2.16. The molecule has 2 N–H and O–H groups in total. The zero-order valence-electron chi connectivity index (χ0n) is 17.2. The van der Waals surface area contributed by atoms with Gasteiger partial charge in [0.2, 0.25) is 0 Å². The molecule has 2 aromatic rings. The van der Waals surface area contributed by atoms with Gasteiger partial charge in [-0.3, -0.25) is 4.99 Å². The molecular weight excluding hydrogens is 525 g/mol. The minimum Gasteiger partial charge on any atom is -0.462 e. The smallest absolute Gasteiger partial charge is 0.350 e. The van der Waals surface area contributed by atoms with Crippen LogP contribution < -0.4 is 10.6 Å². The number of aryl methyl sites for hydroxylation is 1. The number of esters is 1. The number of guanidine groups is 1. The van der Waals surface area contributed by atoms with E-state index >= 15 is 0 Å². The molecule has 0 amide bonds. The molecule has 1 aromatic carbocycles. The normalized spacial score (nSPS) is 18.9. The number of thiazole rings is 1. The number of aromatic nitrogens is 1. The fourth-order valence-electron chi connectivity index (χ4n) is 3.14. The van der Waals surface area contributed by atoms with Crippen molar-refractivity contribution in [3.8, 4) is 0 Å². The number of ether oxygens (including phenoxy) is 1. The third-order valence-corrected chi connectivity index (χ3v) is 6.02. The van der Waals surface area contributed by atoms with E-state index < -0.39 is 11.6 Å². The lowest BCUT2D eigenvalue weighted by Crippen LogP contribution is -2.40. The van der Waals surface area contributed by atoms with Crippen LogP contribution in [-0.2, 0) is 4.74 Å².